The zero-order chi connectivity index (χ0) is 13.8. The standard InChI is InChI=1S/C13H18FN3O2/c1-17(2)13(15)16-4-3-9-5-11(14)6-10-7-18-8-19-12(9)10/h5-6H,3-4,7-8H2,1-2H3,(H2,15,16). The molecule has 0 spiro atoms. The predicted molar refractivity (Wildman–Crippen MR) is 70.6 cm³/mol. The van der Waals surface area contributed by atoms with Crippen LogP contribution in [0.2, 0.25) is 0 Å². The van der Waals surface area contributed by atoms with Crippen molar-refractivity contribution in [2.24, 2.45) is 10.7 Å². The van der Waals surface area contributed by atoms with Crippen molar-refractivity contribution in [2.45, 2.75) is 13.0 Å². The monoisotopic (exact) mass is 267 g/mol. The van der Waals surface area contributed by atoms with Gasteiger partial charge < -0.3 is 20.1 Å². The van der Waals surface area contributed by atoms with Crippen LogP contribution in [0.25, 0.3) is 0 Å². The van der Waals surface area contributed by atoms with E-state index in [1.807, 2.05) is 14.1 Å². The number of hydrogen-bond acceptors (Lipinski definition) is 3. The highest BCUT2D eigenvalue weighted by Gasteiger charge is 2.16. The van der Waals surface area contributed by atoms with Gasteiger partial charge in [-0.15, -0.1) is 0 Å². The number of guanidine groups is 1. The van der Waals surface area contributed by atoms with Crippen molar-refractivity contribution in [3.63, 3.8) is 0 Å². The predicted octanol–water partition coefficient (Wildman–Crippen LogP) is 1.11. The molecule has 0 saturated heterocycles. The van der Waals surface area contributed by atoms with Crippen LogP contribution in [0.1, 0.15) is 11.1 Å². The van der Waals surface area contributed by atoms with Gasteiger partial charge in [0.25, 0.3) is 0 Å². The summed E-state index contributed by atoms with van der Waals surface area (Å²) in [7, 11) is 3.65. The molecule has 1 aromatic carbocycles. The van der Waals surface area contributed by atoms with Crippen LogP contribution in [-0.4, -0.2) is 38.3 Å². The van der Waals surface area contributed by atoms with Gasteiger partial charge in [-0.05, 0) is 24.1 Å². The number of rotatable bonds is 3. The summed E-state index contributed by atoms with van der Waals surface area (Å²) in [6.45, 7) is 1.07. The molecule has 0 atom stereocenters. The molecule has 0 unspecified atom stereocenters. The molecule has 1 aromatic rings. The van der Waals surface area contributed by atoms with E-state index >= 15 is 0 Å². The fourth-order valence-corrected chi connectivity index (χ4v) is 1.87. The van der Waals surface area contributed by atoms with E-state index in [1.54, 1.807) is 4.90 Å². The fraction of sp³-hybridized carbons (Fsp3) is 0.462. The van der Waals surface area contributed by atoms with E-state index < -0.39 is 0 Å². The first-order chi connectivity index (χ1) is 9.08. The van der Waals surface area contributed by atoms with Crippen LogP contribution in [0.5, 0.6) is 5.75 Å². The first-order valence-electron chi connectivity index (χ1n) is 6.07. The summed E-state index contributed by atoms with van der Waals surface area (Å²) in [6.07, 6.45) is 0.578. The van der Waals surface area contributed by atoms with Gasteiger partial charge in [0.15, 0.2) is 12.8 Å². The van der Waals surface area contributed by atoms with E-state index in [0.29, 0.717) is 31.3 Å². The Kier molecular flexibility index (Phi) is 4.21. The Balaban J connectivity index is 2.12. The Morgan fingerprint density at radius 1 is 1.47 bits per heavy atom. The van der Waals surface area contributed by atoms with E-state index in [0.717, 1.165) is 11.1 Å². The number of aliphatic imine (C=N–C) groups is 1. The number of halogens is 1. The lowest BCUT2D eigenvalue weighted by Gasteiger charge is -2.20. The molecule has 0 aliphatic carbocycles. The first-order valence-corrected chi connectivity index (χ1v) is 6.07. The molecule has 0 aromatic heterocycles. The summed E-state index contributed by atoms with van der Waals surface area (Å²) in [6, 6.07) is 2.92. The van der Waals surface area contributed by atoms with E-state index in [4.69, 9.17) is 15.2 Å². The SMILES string of the molecule is CN(C)C(N)=NCCc1cc(F)cc2c1OCOC2. The zero-order valence-electron chi connectivity index (χ0n) is 11.1. The molecule has 0 fully saturated rings. The molecule has 2 N–H and O–H groups in total. The van der Waals surface area contributed by atoms with Crippen LogP contribution in [0, 0.1) is 5.82 Å². The van der Waals surface area contributed by atoms with Gasteiger partial charge in [-0.2, -0.15) is 0 Å². The molecule has 19 heavy (non-hydrogen) atoms. The Bertz CT molecular complexity index is 489. The molecule has 0 radical (unpaired) electrons. The minimum Gasteiger partial charge on any atom is -0.467 e. The first kappa shape index (κ1) is 13.6. The molecule has 5 nitrogen and oxygen atoms in total. The van der Waals surface area contributed by atoms with Crippen molar-refractivity contribution in [2.75, 3.05) is 27.4 Å². The lowest BCUT2D eigenvalue weighted by Crippen LogP contribution is -2.30. The molecule has 1 aliphatic heterocycles. The summed E-state index contributed by atoms with van der Waals surface area (Å²) in [4.78, 5) is 5.94. The molecule has 104 valence electrons. The second kappa shape index (κ2) is 5.88. The van der Waals surface area contributed by atoms with Gasteiger partial charge >= 0.3 is 0 Å². The number of benzene rings is 1. The molecule has 1 heterocycles. The molecule has 0 saturated carbocycles. The van der Waals surface area contributed by atoms with E-state index in [2.05, 4.69) is 4.99 Å². The van der Waals surface area contributed by atoms with Gasteiger partial charge in [0.1, 0.15) is 11.6 Å². The maximum Gasteiger partial charge on any atom is 0.190 e. The highest BCUT2D eigenvalue weighted by atomic mass is 19.1. The van der Waals surface area contributed by atoms with Crippen molar-refractivity contribution in [1.29, 1.82) is 0 Å². The van der Waals surface area contributed by atoms with Crippen molar-refractivity contribution in [1.82, 2.24) is 4.90 Å². The second-order valence-electron chi connectivity index (χ2n) is 4.55. The smallest absolute Gasteiger partial charge is 0.190 e. The second-order valence-corrected chi connectivity index (χ2v) is 4.55. The highest BCUT2D eigenvalue weighted by Crippen LogP contribution is 2.29. The van der Waals surface area contributed by atoms with Gasteiger partial charge in [-0.1, -0.05) is 0 Å². The summed E-state index contributed by atoms with van der Waals surface area (Å²) < 4.78 is 24.1. The molecule has 1 aliphatic rings. The molecular weight excluding hydrogens is 249 g/mol. The summed E-state index contributed by atoms with van der Waals surface area (Å²) in [5.74, 6) is 0.883. The van der Waals surface area contributed by atoms with Gasteiger partial charge in [0, 0.05) is 26.2 Å². The highest BCUT2D eigenvalue weighted by molar-refractivity contribution is 5.77. The molecule has 2 rings (SSSR count). The largest absolute Gasteiger partial charge is 0.467 e. The van der Waals surface area contributed by atoms with Crippen molar-refractivity contribution >= 4 is 5.96 Å². The lowest BCUT2D eigenvalue weighted by atomic mass is 10.1. The number of hydrogen-bond donors (Lipinski definition) is 1. The third kappa shape index (κ3) is 3.35. The third-order valence-electron chi connectivity index (χ3n) is 2.86. The quantitative estimate of drug-likeness (QED) is 0.658. The molecule has 6 heteroatoms. The van der Waals surface area contributed by atoms with Gasteiger partial charge in [0.2, 0.25) is 0 Å². The topological polar surface area (TPSA) is 60.1 Å². The summed E-state index contributed by atoms with van der Waals surface area (Å²) in [5.41, 5.74) is 7.24. The summed E-state index contributed by atoms with van der Waals surface area (Å²) >= 11 is 0. The number of nitrogens with zero attached hydrogens (tertiary/aromatic N) is 2. The Morgan fingerprint density at radius 2 is 2.26 bits per heavy atom. The lowest BCUT2D eigenvalue weighted by molar-refractivity contribution is -0.0172. The van der Waals surface area contributed by atoms with Gasteiger partial charge in [-0.3, -0.25) is 4.99 Å². The van der Waals surface area contributed by atoms with Crippen LogP contribution in [0.3, 0.4) is 0 Å². The normalized spacial score (nSPS) is 14.8. The van der Waals surface area contributed by atoms with Gasteiger partial charge in [-0.25, -0.2) is 4.39 Å². The van der Waals surface area contributed by atoms with Crippen LogP contribution in [0.15, 0.2) is 17.1 Å². The molecular formula is C13H18FN3O2. The molecule has 0 amide bonds. The van der Waals surface area contributed by atoms with Crippen molar-refractivity contribution in [3.8, 4) is 5.75 Å². The number of fused-ring (bicyclic) bond motifs is 1. The van der Waals surface area contributed by atoms with Crippen LogP contribution in [-0.2, 0) is 17.8 Å². The Hall–Kier alpha value is -1.82. The average molecular weight is 267 g/mol. The van der Waals surface area contributed by atoms with Gasteiger partial charge in [0.05, 0.1) is 6.61 Å². The Labute approximate surface area is 111 Å². The minimum absolute atomic E-state index is 0.203. The number of nitrogens with two attached hydrogens (primary N) is 1. The van der Waals surface area contributed by atoms with E-state index in [9.17, 15) is 4.39 Å². The van der Waals surface area contributed by atoms with E-state index in [1.165, 1.54) is 12.1 Å². The Morgan fingerprint density at radius 3 is 3.00 bits per heavy atom. The maximum atomic E-state index is 13.5. The minimum atomic E-state index is -0.285. The third-order valence-corrected chi connectivity index (χ3v) is 2.86. The van der Waals surface area contributed by atoms with Crippen LogP contribution in [0.4, 0.5) is 4.39 Å². The number of ether oxygens (including phenoxy) is 2. The van der Waals surface area contributed by atoms with Crippen molar-refractivity contribution in [3.05, 3.63) is 29.1 Å². The molecule has 0 bridgehead atoms. The van der Waals surface area contributed by atoms with Crippen molar-refractivity contribution < 1.29 is 13.9 Å². The fourth-order valence-electron chi connectivity index (χ4n) is 1.87. The van der Waals surface area contributed by atoms with Crippen LogP contribution >= 0.6 is 0 Å². The van der Waals surface area contributed by atoms with E-state index in [-0.39, 0.29) is 12.6 Å². The maximum absolute atomic E-state index is 13.5. The zero-order valence-corrected chi connectivity index (χ0v) is 11.1. The van der Waals surface area contributed by atoms with Crippen LogP contribution < -0.4 is 10.5 Å². The average Bonchev–Trinajstić information content (AvgIpc) is 2.38. The summed E-state index contributed by atoms with van der Waals surface area (Å²) in [5, 5.41) is 0.